The van der Waals surface area contributed by atoms with E-state index in [9.17, 15) is 8.94 Å². The molecule has 0 amide bonds. The van der Waals surface area contributed by atoms with Crippen molar-refractivity contribution in [2.45, 2.75) is 76.4 Å². The van der Waals surface area contributed by atoms with Crippen LogP contribution < -0.4 is 14.4 Å². The van der Waals surface area contributed by atoms with Crippen LogP contribution >= 0.6 is 27.5 Å². The van der Waals surface area contributed by atoms with Crippen LogP contribution in [0.4, 0.5) is 14.6 Å². The van der Waals surface area contributed by atoms with Crippen LogP contribution in [0, 0.1) is 17.7 Å². The Bertz CT molecular complexity index is 1370. The van der Waals surface area contributed by atoms with Gasteiger partial charge in [-0.1, -0.05) is 25.4 Å². The summed E-state index contributed by atoms with van der Waals surface area (Å²) in [5.74, 6) is 0.735. The molecule has 1 aromatic heterocycles. The van der Waals surface area contributed by atoms with Crippen molar-refractivity contribution >= 4 is 55.6 Å². The zero-order valence-electron chi connectivity index (χ0n) is 24.8. The zero-order chi connectivity index (χ0) is 30.1. The minimum absolute atomic E-state index is 0.0523. The number of nitrogens with zero attached hydrogens (tertiary/aromatic N) is 5. The third-order valence-electron chi connectivity index (χ3n) is 9.13. The summed E-state index contributed by atoms with van der Waals surface area (Å²) in [7, 11) is 0. The van der Waals surface area contributed by atoms with Gasteiger partial charge in [0, 0.05) is 36.8 Å². The van der Waals surface area contributed by atoms with E-state index >= 15 is 4.39 Å². The molecule has 4 aliphatic rings. The van der Waals surface area contributed by atoms with Gasteiger partial charge in [-0.25, -0.2) is 8.78 Å². The van der Waals surface area contributed by atoms with Crippen LogP contribution in [0.5, 0.6) is 11.8 Å². The third kappa shape index (κ3) is 5.25. The summed E-state index contributed by atoms with van der Waals surface area (Å²) in [6, 6.07) is 0.173. The molecule has 3 fully saturated rings. The second-order valence-corrected chi connectivity index (χ2v) is 16.8. The lowest BCUT2D eigenvalue weighted by molar-refractivity contribution is 0.0646. The van der Waals surface area contributed by atoms with Crippen LogP contribution in [-0.4, -0.2) is 92.2 Å². The molecule has 5 atom stereocenters. The molecule has 0 saturated carbocycles. The van der Waals surface area contributed by atoms with Gasteiger partial charge >= 0.3 is 6.01 Å². The summed E-state index contributed by atoms with van der Waals surface area (Å²) in [5.41, 5.74) is -0.324. The van der Waals surface area contributed by atoms with E-state index in [0.717, 1.165) is 19.4 Å². The van der Waals surface area contributed by atoms with Crippen molar-refractivity contribution < 1.29 is 22.8 Å². The largest absolute Gasteiger partial charge is 0.597 e. The van der Waals surface area contributed by atoms with Gasteiger partial charge in [0.25, 0.3) is 0 Å². The molecule has 0 spiro atoms. The Kier molecular flexibility index (Phi) is 8.31. The molecule has 6 rings (SSSR count). The predicted octanol–water partition coefficient (Wildman–Crippen LogP) is 5.76. The van der Waals surface area contributed by atoms with Crippen LogP contribution in [0.1, 0.15) is 53.9 Å². The van der Waals surface area contributed by atoms with Gasteiger partial charge in [-0.05, 0) is 62.0 Å². The van der Waals surface area contributed by atoms with E-state index in [-0.39, 0.29) is 55.8 Å². The zero-order valence-corrected chi connectivity index (χ0v) is 27.9. The van der Waals surface area contributed by atoms with E-state index < -0.39 is 23.4 Å². The maximum absolute atomic E-state index is 15.7. The van der Waals surface area contributed by atoms with Gasteiger partial charge in [0.05, 0.1) is 34.5 Å². The molecule has 42 heavy (non-hydrogen) atoms. The van der Waals surface area contributed by atoms with Crippen LogP contribution in [-0.2, 0) is 11.4 Å². The smallest absolute Gasteiger partial charge is 0.319 e. The van der Waals surface area contributed by atoms with Crippen LogP contribution in [0.3, 0.4) is 0 Å². The Morgan fingerprint density at radius 2 is 2.02 bits per heavy atom. The second-order valence-electron chi connectivity index (χ2n) is 13.4. The molecule has 232 valence electrons. The van der Waals surface area contributed by atoms with Crippen molar-refractivity contribution in [3.05, 3.63) is 15.3 Å². The predicted molar refractivity (Wildman–Crippen MR) is 165 cm³/mol. The first-order valence-corrected chi connectivity index (χ1v) is 17.0. The molecule has 0 radical (unpaired) electrons. The number of fused-ring (bicyclic) bond motifs is 1. The molecule has 0 aliphatic carbocycles. The first kappa shape index (κ1) is 30.8. The molecule has 1 aromatic carbocycles. The molecule has 8 nitrogen and oxygen atoms in total. The lowest BCUT2D eigenvalue weighted by atomic mass is 9.83. The summed E-state index contributed by atoms with van der Waals surface area (Å²) in [6.07, 6.45) is 1.37. The molecule has 1 unspecified atom stereocenters. The van der Waals surface area contributed by atoms with Crippen molar-refractivity contribution in [3.63, 3.8) is 0 Å². The number of alkyl halides is 1. The van der Waals surface area contributed by atoms with Gasteiger partial charge in [-0.2, -0.15) is 9.97 Å². The first-order valence-electron chi connectivity index (χ1n) is 14.8. The molecule has 4 aliphatic heterocycles. The van der Waals surface area contributed by atoms with Crippen LogP contribution in [0.2, 0.25) is 5.02 Å². The quantitative estimate of drug-likeness (QED) is 0.269. The fraction of sp³-hybridized carbons (Fsp3) is 0.724. The lowest BCUT2D eigenvalue weighted by Crippen LogP contribution is -2.66. The Morgan fingerprint density at radius 1 is 1.26 bits per heavy atom. The lowest BCUT2D eigenvalue weighted by Gasteiger charge is -2.51. The van der Waals surface area contributed by atoms with Gasteiger partial charge in [-0.15, -0.1) is 4.31 Å². The van der Waals surface area contributed by atoms with Crippen molar-refractivity contribution in [3.8, 4) is 11.8 Å². The summed E-state index contributed by atoms with van der Waals surface area (Å²) in [5, 5.41) is 0.544. The average Bonchev–Trinajstić information content (AvgIpc) is 3.36. The van der Waals surface area contributed by atoms with Gasteiger partial charge in [0.15, 0.2) is 11.6 Å². The van der Waals surface area contributed by atoms with E-state index in [1.54, 1.807) is 0 Å². The van der Waals surface area contributed by atoms with E-state index in [4.69, 9.17) is 26.1 Å². The fourth-order valence-corrected chi connectivity index (χ4v) is 9.51. The molecule has 5 heterocycles. The molecular weight excluding hydrogens is 652 g/mol. The van der Waals surface area contributed by atoms with Crippen molar-refractivity contribution in [2.24, 2.45) is 11.8 Å². The molecule has 2 aromatic rings. The minimum Gasteiger partial charge on any atom is -0.597 e. The molecular formula is C29H39BrClF2N5O3S. The minimum atomic E-state index is -1.12. The topological polar surface area (TPSA) is 77.0 Å². The van der Waals surface area contributed by atoms with Crippen LogP contribution in [0.25, 0.3) is 10.9 Å². The second kappa shape index (κ2) is 11.3. The van der Waals surface area contributed by atoms with Crippen molar-refractivity contribution in [2.75, 3.05) is 50.8 Å². The number of benzene rings is 1. The van der Waals surface area contributed by atoms with E-state index in [1.807, 2.05) is 20.8 Å². The highest BCUT2D eigenvalue weighted by Gasteiger charge is 2.52. The van der Waals surface area contributed by atoms with Gasteiger partial charge in [0.2, 0.25) is 0 Å². The summed E-state index contributed by atoms with van der Waals surface area (Å²) in [6.45, 7) is 13.9. The number of ether oxygens (including phenoxy) is 2. The molecule has 0 N–H and O–H groups in total. The first-order chi connectivity index (χ1) is 19.8. The highest BCUT2D eigenvalue weighted by atomic mass is 79.9. The monoisotopic (exact) mass is 689 g/mol. The standard InChI is InChI=1S/C29H39BrClF2N5O3S/c1-16(2)24-17(13-38(24)42(39)28(3,4)5)12-36-9-10-40-25-19-23(22(33)20(30)21(25)31)34-27(35-26(19)36)41-15-29-7-6-8-37(29)14-18(32)11-29/h16-18,24H,6-15H2,1-5H3/t17-,18-,24-,29+,42?/m1/s1. The maximum atomic E-state index is 15.7. The number of anilines is 1. The Balaban J connectivity index is 1.35. The Morgan fingerprint density at radius 3 is 2.74 bits per heavy atom. The summed E-state index contributed by atoms with van der Waals surface area (Å²) >= 11 is 8.73. The number of aromatic nitrogens is 2. The highest BCUT2D eigenvalue weighted by molar-refractivity contribution is 9.10. The number of hydrogen-bond acceptors (Lipinski definition) is 8. The van der Waals surface area contributed by atoms with Crippen LogP contribution in [0.15, 0.2) is 4.47 Å². The van der Waals surface area contributed by atoms with Crippen molar-refractivity contribution in [1.82, 2.24) is 19.2 Å². The van der Waals surface area contributed by atoms with Gasteiger partial charge in [0.1, 0.15) is 40.5 Å². The number of rotatable bonds is 7. The fourth-order valence-electron chi connectivity index (χ4n) is 7.24. The molecule has 13 heteroatoms. The maximum Gasteiger partial charge on any atom is 0.319 e. The van der Waals surface area contributed by atoms with E-state index in [1.165, 1.54) is 0 Å². The number of hydrogen-bond donors (Lipinski definition) is 0. The highest BCUT2D eigenvalue weighted by Crippen LogP contribution is 2.47. The number of halogens is 4. The third-order valence-corrected chi connectivity index (χ3v) is 12.3. The summed E-state index contributed by atoms with van der Waals surface area (Å²) in [4.78, 5) is 13.6. The van der Waals surface area contributed by atoms with E-state index in [2.05, 4.69) is 48.9 Å². The molecule has 0 bridgehead atoms. The Hall–Kier alpha value is -1.18. The Labute approximate surface area is 262 Å². The van der Waals surface area contributed by atoms with Crippen molar-refractivity contribution in [1.29, 1.82) is 0 Å². The average molecular weight is 691 g/mol. The van der Waals surface area contributed by atoms with Gasteiger partial charge < -0.3 is 18.9 Å². The normalized spacial score (nSPS) is 29.0. The molecule has 3 saturated heterocycles. The van der Waals surface area contributed by atoms with E-state index in [0.29, 0.717) is 56.2 Å². The SMILES string of the molecule is CC(C)[C@@H]1[C@H](CN2CCOc3c(Cl)c(Br)c(F)c4nc(OC[C@@]56CCCN5C[C@H](F)C6)nc2c34)CN1[S+]([O-])C(C)(C)C. The van der Waals surface area contributed by atoms with Gasteiger partial charge in [-0.3, -0.25) is 4.90 Å². The summed E-state index contributed by atoms with van der Waals surface area (Å²) < 4.78 is 57.5.